The number of ether oxygens (including phenoxy) is 2. The van der Waals surface area contributed by atoms with E-state index in [9.17, 15) is 5.11 Å². The SMILES string of the molecule is COc1cccc(C(O)COc2cccnc2C)c1. The van der Waals surface area contributed by atoms with Crippen LogP contribution in [0, 0.1) is 6.92 Å². The van der Waals surface area contributed by atoms with Crippen molar-refractivity contribution in [1.82, 2.24) is 4.98 Å². The van der Waals surface area contributed by atoms with E-state index in [2.05, 4.69) is 4.98 Å². The number of aliphatic hydroxyl groups is 1. The third-order valence-corrected chi connectivity index (χ3v) is 2.83. The van der Waals surface area contributed by atoms with Gasteiger partial charge in [-0.1, -0.05) is 12.1 Å². The number of nitrogens with zero attached hydrogens (tertiary/aromatic N) is 1. The van der Waals surface area contributed by atoms with Gasteiger partial charge in [0, 0.05) is 6.20 Å². The van der Waals surface area contributed by atoms with Crippen molar-refractivity contribution >= 4 is 0 Å². The van der Waals surface area contributed by atoms with Gasteiger partial charge in [-0.15, -0.1) is 0 Å². The standard InChI is InChI=1S/C15H17NO3/c1-11-15(7-4-8-16-11)19-10-14(17)12-5-3-6-13(9-12)18-2/h3-9,14,17H,10H2,1-2H3. The minimum absolute atomic E-state index is 0.180. The zero-order valence-corrected chi connectivity index (χ0v) is 11.0. The lowest BCUT2D eigenvalue weighted by Gasteiger charge is -2.14. The van der Waals surface area contributed by atoms with Gasteiger partial charge in [0.2, 0.25) is 0 Å². The van der Waals surface area contributed by atoms with Gasteiger partial charge in [0.25, 0.3) is 0 Å². The van der Waals surface area contributed by atoms with E-state index in [0.29, 0.717) is 11.5 Å². The Morgan fingerprint density at radius 2 is 2.11 bits per heavy atom. The lowest BCUT2D eigenvalue weighted by atomic mass is 10.1. The number of rotatable bonds is 5. The molecule has 1 heterocycles. The second-order valence-corrected chi connectivity index (χ2v) is 4.19. The van der Waals surface area contributed by atoms with Crippen molar-refractivity contribution in [2.24, 2.45) is 0 Å². The van der Waals surface area contributed by atoms with Gasteiger partial charge in [0.15, 0.2) is 0 Å². The molecule has 0 fully saturated rings. The first-order valence-corrected chi connectivity index (χ1v) is 6.07. The third kappa shape index (κ3) is 3.45. The van der Waals surface area contributed by atoms with Crippen LogP contribution in [-0.4, -0.2) is 23.8 Å². The second kappa shape index (κ2) is 6.20. The van der Waals surface area contributed by atoms with E-state index in [1.807, 2.05) is 31.2 Å². The minimum atomic E-state index is -0.699. The Hall–Kier alpha value is -2.07. The molecule has 0 aliphatic carbocycles. The summed E-state index contributed by atoms with van der Waals surface area (Å²) in [6.07, 6.45) is 1.01. The molecule has 0 saturated heterocycles. The molecule has 19 heavy (non-hydrogen) atoms. The third-order valence-electron chi connectivity index (χ3n) is 2.83. The number of hydrogen-bond donors (Lipinski definition) is 1. The predicted octanol–water partition coefficient (Wildman–Crippen LogP) is 2.51. The maximum atomic E-state index is 10.1. The van der Waals surface area contributed by atoms with Crippen molar-refractivity contribution in [3.8, 4) is 11.5 Å². The highest BCUT2D eigenvalue weighted by Crippen LogP contribution is 2.21. The number of methoxy groups -OCH3 is 1. The molecule has 1 unspecified atom stereocenters. The van der Waals surface area contributed by atoms with Crippen molar-refractivity contribution in [2.75, 3.05) is 13.7 Å². The molecule has 2 aromatic rings. The first-order valence-electron chi connectivity index (χ1n) is 6.07. The highest BCUT2D eigenvalue weighted by molar-refractivity contribution is 5.30. The predicted molar refractivity (Wildman–Crippen MR) is 72.4 cm³/mol. The normalized spacial score (nSPS) is 11.9. The molecule has 1 atom stereocenters. The first-order chi connectivity index (χ1) is 9.20. The molecule has 100 valence electrons. The lowest BCUT2D eigenvalue weighted by molar-refractivity contribution is 0.107. The number of aryl methyl sites for hydroxylation is 1. The van der Waals surface area contributed by atoms with Crippen LogP contribution in [0.15, 0.2) is 42.6 Å². The fraction of sp³-hybridized carbons (Fsp3) is 0.267. The van der Waals surface area contributed by atoms with Crippen LogP contribution in [0.1, 0.15) is 17.4 Å². The van der Waals surface area contributed by atoms with Crippen LogP contribution in [0.25, 0.3) is 0 Å². The van der Waals surface area contributed by atoms with Gasteiger partial charge in [-0.05, 0) is 36.8 Å². The smallest absolute Gasteiger partial charge is 0.140 e. The van der Waals surface area contributed by atoms with E-state index in [1.54, 1.807) is 25.4 Å². The van der Waals surface area contributed by atoms with Crippen LogP contribution < -0.4 is 9.47 Å². The molecule has 4 nitrogen and oxygen atoms in total. The molecule has 0 amide bonds. The summed E-state index contributed by atoms with van der Waals surface area (Å²) >= 11 is 0. The summed E-state index contributed by atoms with van der Waals surface area (Å²) in [5.41, 5.74) is 1.57. The largest absolute Gasteiger partial charge is 0.497 e. The van der Waals surface area contributed by atoms with E-state index in [4.69, 9.17) is 9.47 Å². The average Bonchev–Trinajstić information content (AvgIpc) is 2.46. The first kappa shape index (κ1) is 13.4. The summed E-state index contributed by atoms with van der Waals surface area (Å²) in [6.45, 7) is 2.05. The summed E-state index contributed by atoms with van der Waals surface area (Å²) in [4.78, 5) is 4.13. The molecule has 1 aromatic heterocycles. The fourth-order valence-corrected chi connectivity index (χ4v) is 1.74. The summed E-state index contributed by atoms with van der Waals surface area (Å²) in [6, 6.07) is 11.0. The van der Waals surface area contributed by atoms with Crippen LogP contribution in [0.3, 0.4) is 0 Å². The highest BCUT2D eigenvalue weighted by atomic mass is 16.5. The molecule has 0 aliphatic heterocycles. The van der Waals surface area contributed by atoms with Crippen molar-refractivity contribution in [3.05, 3.63) is 53.9 Å². The van der Waals surface area contributed by atoms with Gasteiger partial charge < -0.3 is 14.6 Å². The molecule has 0 saturated carbocycles. The number of benzene rings is 1. The van der Waals surface area contributed by atoms with E-state index in [1.165, 1.54) is 0 Å². The molecule has 4 heteroatoms. The molecular formula is C15H17NO3. The molecule has 0 radical (unpaired) electrons. The summed E-state index contributed by atoms with van der Waals surface area (Å²) in [5, 5.41) is 10.1. The van der Waals surface area contributed by atoms with E-state index in [0.717, 1.165) is 11.3 Å². The van der Waals surface area contributed by atoms with Gasteiger partial charge in [-0.2, -0.15) is 0 Å². The van der Waals surface area contributed by atoms with E-state index < -0.39 is 6.10 Å². The zero-order chi connectivity index (χ0) is 13.7. The Labute approximate surface area is 112 Å². The molecule has 0 spiro atoms. The number of pyridine rings is 1. The van der Waals surface area contributed by atoms with Gasteiger partial charge in [0.1, 0.15) is 24.2 Å². The Bertz CT molecular complexity index is 542. The minimum Gasteiger partial charge on any atom is -0.497 e. The summed E-state index contributed by atoms with van der Waals surface area (Å²) in [7, 11) is 1.60. The summed E-state index contributed by atoms with van der Waals surface area (Å²) < 4.78 is 10.7. The second-order valence-electron chi connectivity index (χ2n) is 4.19. The Morgan fingerprint density at radius 1 is 1.26 bits per heavy atom. The summed E-state index contributed by atoms with van der Waals surface area (Å²) in [5.74, 6) is 1.40. The van der Waals surface area contributed by atoms with Gasteiger partial charge in [-0.3, -0.25) is 4.98 Å². The highest BCUT2D eigenvalue weighted by Gasteiger charge is 2.10. The maximum Gasteiger partial charge on any atom is 0.140 e. The molecule has 1 aromatic carbocycles. The fourth-order valence-electron chi connectivity index (χ4n) is 1.74. The van der Waals surface area contributed by atoms with Gasteiger partial charge >= 0.3 is 0 Å². The zero-order valence-electron chi connectivity index (χ0n) is 11.0. The maximum absolute atomic E-state index is 10.1. The van der Waals surface area contributed by atoms with Crippen LogP contribution in [0.5, 0.6) is 11.5 Å². The monoisotopic (exact) mass is 259 g/mol. The number of hydrogen-bond acceptors (Lipinski definition) is 4. The molecule has 0 aliphatic rings. The van der Waals surface area contributed by atoms with E-state index >= 15 is 0 Å². The van der Waals surface area contributed by atoms with Gasteiger partial charge in [0.05, 0.1) is 12.8 Å². The quantitative estimate of drug-likeness (QED) is 0.896. The average molecular weight is 259 g/mol. The van der Waals surface area contributed by atoms with Crippen molar-refractivity contribution < 1.29 is 14.6 Å². The van der Waals surface area contributed by atoms with Gasteiger partial charge in [-0.25, -0.2) is 0 Å². The van der Waals surface area contributed by atoms with Crippen LogP contribution in [0.4, 0.5) is 0 Å². The van der Waals surface area contributed by atoms with Crippen LogP contribution in [-0.2, 0) is 0 Å². The Morgan fingerprint density at radius 3 is 2.84 bits per heavy atom. The Kier molecular flexibility index (Phi) is 4.36. The molecular weight excluding hydrogens is 242 g/mol. The molecule has 2 rings (SSSR count). The molecule has 1 N–H and O–H groups in total. The van der Waals surface area contributed by atoms with E-state index in [-0.39, 0.29) is 6.61 Å². The van der Waals surface area contributed by atoms with Crippen molar-refractivity contribution in [1.29, 1.82) is 0 Å². The van der Waals surface area contributed by atoms with Crippen LogP contribution >= 0.6 is 0 Å². The lowest BCUT2D eigenvalue weighted by Crippen LogP contribution is -2.10. The molecule has 0 bridgehead atoms. The Balaban J connectivity index is 2.01. The topological polar surface area (TPSA) is 51.6 Å². The number of aliphatic hydroxyl groups excluding tert-OH is 1. The van der Waals surface area contributed by atoms with Crippen LogP contribution in [0.2, 0.25) is 0 Å². The van der Waals surface area contributed by atoms with Crippen molar-refractivity contribution in [2.45, 2.75) is 13.0 Å². The number of aromatic nitrogens is 1. The van der Waals surface area contributed by atoms with Crippen molar-refractivity contribution in [3.63, 3.8) is 0 Å².